The fourth-order valence-electron chi connectivity index (χ4n) is 1.88. The van der Waals surface area contributed by atoms with Crippen LogP contribution in [0.3, 0.4) is 0 Å². The van der Waals surface area contributed by atoms with Crippen LogP contribution in [-0.2, 0) is 0 Å². The number of amides is 1. The van der Waals surface area contributed by atoms with Crippen molar-refractivity contribution in [1.82, 2.24) is 15.8 Å². The monoisotopic (exact) mass is 309 g/mol. The van der Waals surface area contributed by atoms with Crippen LogP contribution in [-0.4, -0.2) is 30.2 Å². The predicted octanol–water partition coefficient (Wildman–Crippen LogP) is 2.49. The lowest BCUT2D eigenvalue weighted by atomic mass is 10.1. The molecule has 114 valence electrons. The molecule has 0 fully saturated rings. The Morgan fingerprint density at radius 1 is 1.33 bits per heavy atom. The quantitative estimate of drug-likeness (QED) is 0.860. The molecule has 0 radical (unpaired) electrons. The Hall–Kier alpha value is -1.85. The summed E-state index contributed by atoms with van der Waals surface area (Å²) in [6.07, 6.45) is 0. The molecular formula is C15H20ClN3O2. The Kier molecular flexibility index (Phi) is 6.91. The molecular weight excluding hydrogens is 290 g/mol. The van der Waals surface area contributed by atoms with Crippen molar-refractivity contribution in [3.63, 3.8) is 0 Å². The average Bonchev–Trinajstić information content (AvgIpc) is 2.96. The van der Waals surface area contributed by atoms with Gasteiger partial charge in [0.1, 0.15) is 5.69 Å². The molecule has 1 aromatic heterocycles. The van der Waals surface area contributed by atoms with Gasteiger partial charge in [-0.3, -0.25) is 4.79 Å². The molecule has 0 saturated heterocycles. The zero-order chi connectivity index (χ0) is 14.4. The van der Waals surface area contributed by atoms with Crippen LogP contribution in [0.15, 0.2) is 40.9 Å². The zero-order valence-corrected chi connectivity index (χ0v) is 12.9. The number of carbonyl (C=O) groups excluding carboxylic acids is 1. The minimum absolute atomic E-state index is 0. The van der Waals surface area contributed by atoms with Crippen molar-refractivity contribution < 1.29 is 9.32 Å². The summed E-state index contributed by atoms with van der Waals surface area (Å²) >= 11 is 0. The Bertz CT molecular complexity index is 557. The van der Waals surface area contributed by atoms with Gasteiger partial charge in [-0.1, -0.05) is 42.4 Å². The first-order chi connectivity index (χ1) is 9.70. The van der Waals surface area contributed by atoms with Gasteiger partial charge in [0.15, 0.2) is 0 Å². The van der Waals surface area contributed by atoms with Crippen molar-refractivity contribution in [2.45, 2.75) is 19.9 Å². The molecule has 1 atom stereocenters. The van der Waals surface area contributed by atoms with Crippen molar-refractivity contribution >= 4 is 18.3 Å². The second-order valence-electron chi connectivity index (χ2n) is 4.61. The van der Waals surface area contributed by atoms with E-state index in [2.05, 4.69) is 15.8 Å². The van der Waals surface area contributed by atoms with Crippen LogP contribution in [0.2, 0.25) is 0 Å². The normalized spacial score (nSPS) is 11.5. The maximum absolute atomic E-state index is 11.9. The molecule has 0 spiro atoms. The van der Waals surface area contributed by atoms with E-state index in [-0.39, 0.29) is 30.1 Å². The number of benzene rings is 1. The molecule has 2 aromatic rings. The lowest BCUT2D eigenvalue weighted by Crippen LogP contribution is -2.38. The van der Waals surface area contributed by atoms with E-state index in [1.807, 2.05) is 44.2 Å². The molecule has 2 N–H and O–H groups in total. The SMILES string of the molecule is CCN[C@H](C)CNC(=O)c1cc(-c2ccccc2)no1.Cl. The van der Waals surface area contributed by atoms with Crippen LogP contribution in [0, 0.1) is 0 Å². The van der Waals surface area contributed by atoms with Gasteiger partial charge in [0.25, 0.3) is 5.91 Å². The van der Waals surface area contributed by atoms with E-state index in [0.717, 1.165) is 12.1 Å². The highest BCUT2D eigenvalue weighted by molar-refractivity contribution is 5.92. The van der Waals surface area contributed by atoms with Gasteiger partial charge in [0.2, 0.25) is 5.76 Å². The highest BCUT2D eigenvalue weighted by Crippen LogP contribution is 2.18. The summed E-state index contributed by atoms with van der Waals surface area (Å²) in [7, 11) is 0. The van der Waals surface area contributed by atoms with E-state index in [4.69, 9.17) is 4.52 Å². The molecule has 2 rings (SSSR count). The third-order valence-corrected chi connectivity index (χ3v) is 2.92. The van der Waals surface area contributed by atoms with E-state index in [1.54, 1.807) is 6.07 Å². The number of carbonyl (C=O) groups is 1. The predicted molar refractivity (Wildman–Crippen MR) is 84.7 cm³/mol. The third kappa shape index (κ3) is 4.88. The van der Waals surface area contributed by atoms with Crippen LogP contribution in [0.4, 0.5) is 0 Å². The zero-order valence-electron chi connectivity index (χ0n) is 12.1. The molecule has 1 heterocycles. The van der Waals surface area contributed by atoms with Crippen LogP contribution in [0.1, 0.15) is 24.4 Å². The molecule has 21 heavy (non-hydrogen) atoms. The molecule has 0 aliphatic heterocycles. The first kappa shape index (κ1) is 17.2. The van der Waals surface area contributed by atoms with Crippen molar-refractivity contribution in [1.29, 1.82) is 0 Å². The van der Waals surface area contributed by atoms with Gasteiger partial charge >= 0.3 is 0 Å². The summed E-state index contributed by atoms with van der Waals surface area (Å²) in [5.41, 5.74) is 1.59. The highest BCUT2D eigenvalue weighted by Gasteiger charge is 2.14. The smallest absolute Gasteiger partial charge is 0.289 e. The second kappa shape index (κ2) is 8.44. The third-order valence-electron chi connectivity index (χ3n) is 2.92. The summed E-state index contributed by atoms with van der Waals surface area (Å²) in [4.78, 5) is 11.9. The minimum Gasteiger partial charge on any atom is -0.350 e. The van der Waals surface area contributed by atoms with Gasteiger partial charge in [0.05, 0.1) is 0 Å². The maximum Gasteiger partial charge on any atom is 0.289 e. The number of hydrogen-bond acceptors (Lipinski definition) is 4. The summed E-state index contributed by atoms with van der Waals surface area (Å²) < 4.78 is 5.09. The fraction of sp³-hybridized carbons (Fsp3) is 0.333. The Morgan fingerprint density at radius 2 is 2.05 bits per heavy atom. The van der Waals surface area contributed by atoms with Crippen LogP contribution in [0.5, 0.6) is 0 Å². The fourth-order valence-corrected chi connectivity index (χ4v) is 1.88. The Labute approximate surface area is 130 Å². The Balaban J connectivity index is 0.00000220. The van der Waals surface area contributed by atoms with Gasteiger partial charge in [-0.25, -0.2) is 0 Å². The lowest BCUT2D eigenvalue weighted by molar-refractivity contribution is 0.0913. The van der Waals surface area contributed by atoms with Crippen molar-refractivity contribution in [2.24, 2.45) is 0 Å². The van der Waals surface area contributed by atoms with E-state index in [0.29, 0.717) is 12.2 Å². The molecule has 0 bridgehead atoms. The molecule has 0 aliphatic carbocycles. The average molecular weight is 310 g/mol. The number of nitrogens with zero attached hydrogens (tertiary/aromatic N) is 1. The van der Waals surface area contributed by atoms with Crippen molar-refractivity contribution in [3.05, 3.63) is 42.2 Å². The van der Waals surface area contributed by atoms with Gasteiger partial charge in [-0.15, -0.1) is 12.4 Å². The molecule has 6 heteroatoms. The largest absolute Gasteiger partial charge is 0.350 e. The first-order valence-corrected chi connectivity index (χ1v) is 6.74. The van der Waals surface area contributed by atoms with Gasteiger partial charge in [-0.05, 0) is 13.5 Å². The molecule has 0 saturated carbocycles. The number of rotatable bonds is 6. The standard InChI is InChI=1S/C15H19N3O2.ClH/c1-3-16-11(2)10-17-15(19)14-9-13(18-20-14)12-7-5-4-6-8-12;/h4-9,11,16H,3,10H2,1-2H3,(H,17,19);1H/t11-;/m1./s1. The Morgan fingerprint density at radius 3 is 2.71 bits per heavy atom. The summed E-state index contributed by atoms with van der Waals surface area (Å²) in [6, 6.07) is 11.5. The van der Waals surface area contributed by atoms with E-state index in [9.17, 15) is 4.79 Å². The number of nitrogens with one attached hydrogen (secondary N) is 2. The number of likely N-dealkylation sites (N-methyl/N-ethyl adjacent to an activating group) is 1. The van der Waals surface area contributed by atoms with Gasteiger partial charge in [0, 0.05) is 24.2 Å². The van der Waals surface area contributed by atoms with Crippen molar-refractivity contribution in [2.75, 3.05) is 13.1 Å². The van der Waals surface area contributed by atoms with E-state index >= 15 is 0 Å². The number of halogens is 1. The van der Waals surface area contributed by atoms with Crippen LogP contribution in [0.25, 0.3) is 11.3 Å². The molecule has 0 aliphatic rings. The highest BCUT2D eigenvalue weighted by atomic mass is 35.5. The number of aromatic nitrogens is 1. The minimum atomic E-state index is -0.246. The summed E-state index contributed by atoms with van der Waals surface area (Å²) in [5.74, 6) is -0.0167. The summed E-state index contributed by atoms with van der Waals surface area (Å²) in [6.45, 7) is 5.46. The van der Waals surface area contributed by atoms with Crippen LogP contribution >= 0.6 is 12.4 Å². The van der Waals surface area contributed by atoms with Crippen molar-refractivity contribution in [3.8, 4) is 11.3 Å². The molecule has 1 amide bonds. The second-order valence-corrected chi connectivity index (χ2v) is 4.61. The summed E-state index contributed by atoms with van der Waals surface area (Å²) in [5, 5.41) is 9.96. The van der Waals surface area contributed by atoms with Gasteiger partial charge in [-0.2, -0.15) is 0 Å². The van der Waals surface area contributed by atoms with Crippen LogP contribution < -0.4 is 10.6 Å². The van der Waals surface area contributed by atoms with E-state index in [1.165, 1.54) is 0 Å². The molecule has 0 unspecified atom stereocenters. The maximum atomic E-state index is 11.9. The molecule has 5 nitrogen and oxygen atoms in total. The van der Waals surface area contributed by atoms with E-state index < -0.39 is 0 Å². The lowest BCUT2D eigenvalue weighted by Gasteiger charge is -2.11. The number of hydrogen-bond donors (Lipinski definition) is 2. The topological polar surface area (TPSA) is 67.2 Å². The molecule has 1 aromatic carbocycles. The van der Waals surface area contributed by atoms with Gasteiger partial charge < -0.3 is 15.2 Å². The first-order valence-electron chi connectivity index (χ1n) is 6.74.